The molecule has 3 heteroatoms. The van der Waals surface area contributed by atoms with Crippen molar-refractivity contribution in [1.82, 2.24) is 10.2 Å². The van der Waals surface area contributed by atoms with Gasteiger partial charge in [0.25, 0.3) is 0 Å². The Morgan fingerprint density at radius 3 is 2.67 bits per heavy atom. The van der Waals surface area contributed by atoms with E-state index in [1.54, 1.807) is 11.1 Å². The van der Waals surface area contributed by atoms with Crippen LogP contribution < -0.4 is 5.32 Å². The van der Waals surface area contributed by atoms with Crippen molar-refractivity contribution in [2.75, 3.05) is 26.7 Å². The van der Waals surface area contributed by atoms with Crippen molar-refractivity contribution in [1.29, 1.82) is 0 Å². The summed E-state index contributed by atoms with van der Waals surface area (Å²) in [7, 11) is 2.16. The lowest BCUT2D eigenvalue weighted by Gasteiger charge is -2.46. The van der Waals surface area contributed by atoms with E-state index < -0.39 is 0 Å². The Morgan fingerprint density at radius 2 is 2.00 bits per heavy atom. The number of allylic oxidation sites excluding steroid dienone is 5. The van der Waals surface area contributed by atoms with E-state index in [1.165, 1.54) is 110 Å². The van der Waals surface area contributed by atoms with Crippen LogP contribution in [0.1, 0.15) is 111 Å². The second kappa shape index (κ2) is 14.1. The minimum absolute atomic E-state index is 0.644. The summed E-state index contributed by atoms with van der Waals surface area (Å²) in [5.74, 6) is 6.93. The highest BCUT2D eigenvalue weighted by Gasteiger charge is 2.53. The average Bonchev–Trinajstić information content (AvgIpc) is 3.65. The first-order chi connectivity index (χ1) is 19.4. The van der Waals surface area contributed by atoms with Gasteiger partial charge in [0, 0.05) is 19.0 Å². The summed E-state index contributed by atoms with van der Waals surface area (Å²) in [4.78, 5) is 2.83. The fraction of sp³-hybridized carbons (Fsp3) is 0.838. The number of fused-ring (bicyclic) bond motifs is 1. The summed E-state index contributed by atoms with van der Waals surface area (Å²) in [6, 6.07) is 0. The summed E-state index contributed by atoms with van der Waals surface area (Å²) in [6.07, 6.45) is 27.2. The largest absolute Gasteiger partial charge is 0.308 e. The normalized spacial score (nSPS) is 38.6. The Hall–Kier alpha value is -0.130. The van der Waals surface area contributed by atoms with Crippen LogP contribution in [0.3, 0.4) is 0 Å². The van der Waals surface area contributed by atoms with E-state index in [0.29, 0.717) is 9.97 Å². The molecule has 0 aromatic heterocycles. The molecule has 4 fully saturated rings. The van der Waals surface area contributed by atoms with Crippen molar-refractivity contribution < 1.29 is 0 Å². The Labute approximate surface area is 261 Å². The highest BCUT2D eigenvalue weighted by Crippen LogP contribution is 2.57. The predicted octanol–water partition coefficient (Wildman–Crippen LogP) is 9.81. The molecular formula is C37H61IN2. The smallest absolute Gasteiger partial charge is 0.0622 e. The number of likely N-dealkylation sites (tertiary alicyclic amines) is 1. The molecule has 5 aliphatic rings. The third-order valence-electron chi connectivity index (χ3n) is 12.7. The Bertz CT molecular complexity index is 902. The highest BCUT2D eigenvalue weighted by atomic mass is 127. The number of nitrogens with zero attached hydrogens (tertiary/aromatic N) is 1. The number of rotatable bonds is 12. The second-order valence-electron chi connectivity index (χ2n) is 14.9. The zero-order chi connectivity index (χ0) is 28.3. The molecule has 9 atom stereocenters. The first kappa shape index (κ1) is 31.3. The molecule has 5 rings (SSSR count). The second-order valence-corrected chi connectivity index (χ2v) is 16.3. The molecule has 0 radical (unpaired) electrons. The number of alkyl halides is 1. The van der Waals surface area contributed by atoms with Crippen LogP contribution in [0.2, 0.25) is 0 Å². The van der Waals surface area contributed by atoms with E-state index >= 15 is 0 Å². The van der Waals surface area contributed by atoms with Crippen molar-refractivity contribution in [2.45, 2.75) is 115 Å². The summed E-state index contributed by atoms with van der Waals surface area (Å²) in [5, 5.41) is 3.58. The molecule has 1 heterocycles. The lowest BCUT2D eigenvalue weighted by molar-refractivity contribution is 0.0721. The predicted molar refractivity (Wildman–Crippen MR) is 182 cm³/mol. The van der Waals surface area contributed by atoms with Crippen LogP contribution in [-0.4, -0.2) is 35.6 Å². The number of halogens is 1. The SMILES string of the molecule is C=C/C=C(/CC1CCC2C(CCCC2C(I)NC)C1)C1CC(CC)C(CCCN2CC(CC)C3(CC3)C2)C=C1C. The van der Waals surface area contributed by atoms with Gasteiger partial charge in [0.05, 0.1) is 4.05 Å². The molecule has 9 unspecified atom stereocenters. The van der Waals surface area contributed by atoms with Crippen LogP contribution in [0, 0.1) is 52.8 Å². The van der Waals surface area contributed by atoms with Crippen LogP contribution in [0.15, 0.2) is 36.0 Å². The molecule has 4 aliphatic carbocycles. The maximum absolute atomic E-state index is 4.17. The summed E-state index contributed by atoms with van der Waals surface area (Å²) in [5.41, 5.74) is 4.11. The van der Waals surface area contributed by atoms with Crippen LogP contribution in [0.4, 0.5) is 0 Å². The van der Waals surface area contributed by atoms with Gasteiger partial charge in [0.1, 0.15) is 0 Å². The molecule has 1 saturated heterocycles. The number of hydrogen-bond acceptors (Lipinski definition) is 2. The highest BCUT2D eigenvalue weighted by molar-refractivity contribution is 14.1. The van der Waals surface area contributed by atoms with Gasteiger partial charge in [0.2, 0.25) is 0 Å². The molecule has 0 aromatic carbocycles. The molecule has 40 heavy (non-hydrogen) atoms. The molecule has 1 N–H and O–H groups in total. The van der Waals surface area contributed by atoms with Crippen molar-refractivity contribution in [3.8, 4) is 0 Å². The van der Waals surface area contributed by atoms with Crippen LogP contribution in [0.5, 0.6) is 0 Å². The van der Waals surface area contributed by atoms with Gasteiger partial charge >= 0.3 is 0 Å². The van der Waals surface area contributed by atoms with E-state index in [2.05, 4.69) is 85.4 Å². The monoisotopic (exact) mass is 660 g/mol. The van der Waals surface area contributed by atoms with E-state index in [9.17, 15) is 0 Å². The number of nitrogens with one attached hydrogen (secondary N) is 1. The van der Waals surface area contributed by atoms with Gasteiger partial charge in [-0.15, -0.1) is 0 Å². The third-order valence-corrected chi connectivity index (χ3v) is 14.3. The summed E-state index contributed by atoms with van der Waals surface area (Å²) < 4.78 is 0.644. The van der Waals surface area contributed by atoms with Gasteiger partial charge in [-0.2, -0.15) is 0 Å². The summed E-state index contributed by atoms with van der Waals surface area (Å²) in [6.45, 7) is 15.6. The maximum atomic E-state index is 4.17. The first-order valence-corrected chi connectivity index (χ1v) is 18.7. The average molecular weight is 661 g/mol. The lowest BCUT2D eigenvalue weighted by atomic mass is 9.61. The molecule has 0 aromatic rings. The van der Waals surface area contributed by atoms with E-state index in [-0.39, 0.29) is 0 Å². The van der Waals surface area contributed by atoms with Crippen molar-refractivity contribution in [3.63, 3.8) is 0 Å². The zero-order valence-electron chi connectivity index (χ0n) is 26.5. The van der Waals surface area contributed by atoms with Crippen LogP contribution in [-0.2, 0) is 0 Å². The standard InChI is InChI=1S/C37H61IN2/c1-6-11-30(21-27-15-16-33-31(22-27)12-9-14-34(33)36(38)39-5)35-23-28(7-2)29(20-26(35)4)13-10-19-40-24-32(8-3)37(25-40)17-18-37/h6,11,20,27-29,31-36,39H,1,7-10,12-19,21-25H2,2-5H3/b30-11-. The molecule has 0 amide bonds. The minimum Gasteiger partial charge on any atom is -0.308 e. The van der Waals surface area contributed by atoms with Crippen molar-refractivity contribution in [2.24, 2.45) is 52.8 Å². The van der Waals surface area contributed by atoms with Gasteiger partial charge in [-0.25, -0.2) is 0 Å². The molecule has 0 bridgehead atoms. The molecule has 226 valence electrons. The van der Waals surface area contributed by atoms with Crippen molar-refractivity contribution >= 4 is 22.6 Å². The topological polar surface area (TPSA) is 15.3 Å². The van der Waals surface area contributed by atoms with E-state index in [1.807, 2.05) is 0 Å². The fourth-order valence-corrected chi connectivity index (χ4v) is 11.2. The lowest BCUT2D eigenvalue weighted by Crippen LogP contribution is -2.41. The molecule has 2 nitrogen and oxygen atoms in total. The van der Waals surface area contributed by atoms with Crippen molar-refractivity contribution in [3.05, 3.63) is 36.0 Å². The molecule has 1 aliphatic heterocycles. The zero-order valence-corrected chi connectivity index (χ0v) is 28.6. The third kappa shape index (κ3) is 6.98. The van der Waals surface area contributed by atoms with Gasteiger partial charge in [-0.3, -0.25) is 0 Å². The molecule has 1 spiro atoms. The van der Waals surface area contributed by atoms with Gasteiger partial charge < -0.3 is 10.2 Å². The first-order valence-electron chi connectivity index (χ1n) is 17.4. The minimum atomic E-state index is 0.644. The van der Waals surface area contributed by atoms with Gasteiger partial charge in [-0.1, -0.05) is 98.1 Å². The van der Waals surface area contributed by atoms with E-state index in [4.69, 9.17) is 0 Å². The molecular weight excluding hydrogens is 599 g/mol. The Kier molecular flexibility index (Phi) is 11.0. The Morgan fingerprint density at radius 1 is 1.18 bits per heavy atom. The fourth-order valence-electron chi connectivity index (χ4n) is 10.3. The van der Waals surface area contributed by atoms with Crippen LogP contribution in [0.25, 0.3) is 0 Å². The quantitative estimate of drug-likeness (QED) is 0.0737. The van der Waals surface area contributed by atoms with E-state index in [0.717, 1.165) is 46.8 Å². The molecule has 3 saturated carbocycles. The number of hydrogen-bond donors (Lipinski definition) is 1. The van der Waals surface area contributed by atoms with Gasteiger partial charge in [-0.05, 0) is 132 Å². The van der Waals surface area contributed by atoms with Gasteiger partial charge in [0.15, 0.2) is 0 Å². The maximum Gasteiger partial charge on any atom is 0.0622 e. The summed E-state index contributed by atoms with van der Waals surface area (Å²) >= 11 is 2.67. The Balaban J connectivity index is 1.16. The van der Waals surface area contributed by atoms with Crippen LogP contribution >= 0.6 is 22.6 Å².